The summed E-state index contributed by atoms with van der Waals surface area (Å²) in [5.41, 5.74) is 7.13. The van der Waals surface area contributed by atoms with E-state index in [-0.39, 0.29) is 17.9 Å². The summed E-state index contributed by atoms with van der Waals surface area (Å²) in [5.74, 6) is 1.54. The molecule has 2 aliphatic carbocycles. The summed E-state index contributed by atoms with van der Waals surface area (Å²) < 4.78 is 1.81. The lowest BCUT2D eigenvalue weighted by Gasteiger charge is -2.25. The van der Waals surface area contributed by atoms with Crippen LogP contribution < -0.4 is 11.1 Å². The van der Waals surface area contributed by atoms with Crippen molar-refractivity contribution in [2.75, 3.05) is 5.32 Å². The maximum absolute atomic E-state index is 12.4. The van der Waals surface area contributed by atoms with Crippen LogP contribution in [-0.2, 0) is 11.8 Å². The summed E-state index contributed by atoms with van der Waals surface area (Å²) in [4.78, 5) is 12.4. The van der Waals surface area contributed by atoms with Gasteiger partial charge in [0, 0.05) is 31.0 Å². The van der Waals surface area contributed by atoms with Crippen molar-refractivity contribution in [3.63, 3.8) is 0 Å². The first-order valence-electron chi connectivity index (χ1n) is 8.74. The lowest BCUT2D eigenvalue weighted by Crippen LogP contribution is -2.34. The number of nitrogens with one attached hydrogen (secondary N) is 1. The van der Waals surface area contributed by atoms with Gasteiger partial charge in [0.05, 0.1) is 5.69 Å². The van der Waals surface area contributed by atoms with Gasteiger partial charge in [-0.2, -0.15) is 5.10 Å². The van der Waals surface area contributed by atoms with Gasteiger partial charge in [0.15, 0.2) is 0 Å². The van der Waals surface area contributed by atoms with Gasteiger partial charge >= 0.3 is 0 Å². The zero-order valence-corrected chi connectivity index (χ0v) is 13.6. The standard InChI is InChI=1S/C17H28N4O/c1-21-16(11-15(20-21)12-6-3-2-4-7-12)19-17(22)13-8-5-9-14(18)10-13/h11-14H,2-10,18H2,1H3,(H,19,22). The van der Waals surface area contributed by atoms with E-state index in [0.29, 0.717) is 5.92 Å². The number of anilines is 1. The largest absolute Gasteiger partial charge is 0.328 e. The maximum Gasteiger partial charge on any atom is 0.228 e. The normalized spacial score (nSPS) is 26.8. The zero-order chi connectivity index (χ0) is 15.5. The molecule has 1 aromatic heterocycles. The molecule has 22 heavy (non-hydrogen) atoms. The van der Waals surface area contributed by atoms with Crippen LogP contribution in [0.1, 0.15) is 69.4 Å². The minimum Gasteiger partial charge on any atom is -0.328 e. The van der Waals surface area contributed by atoms with Crippen molar-refractivity contribution in [3.05, 3.63) is 11.8 Å². The second kappa shape index (κ2) is 6.82. The summed E-state index contributed by atoms with van der Waals surface area (Å²) in [7, 11) is 1.91. The van der Waals surface area contributed by atoms with Crippen molar-refractivity contribution in [1.82, 2.24) is 9.78 Å². The van der Waals surface area contributed by atoms with E-state index in [1.54, 1.807) is 0 Å². The minimum absolute atomic E-state index is 0.0526. The molecule has 2 fully saturated rings. The fraction of sp³-hybridized carbons (Fsp3) is 0.765. The van der Waals surface area contributed by atoms with Crippen molar-refractivity contribution in [3.8, 4) is 0 Å². The van der Waals surface area contributed by atoms with Crippen LogP contribution in [0.15, 0.2) is 6.07 Å². The molecule has 122 valence electrons. The molecule has 0 spiro atoms. The highest BCUT2D eigenvalue weighted by Crippen LogP contribution is 2.33. The topological polar surface area (TPSA) is 72.9 Å². The summed E-state index contributed by atoms with van der Waals surface area (Å²) in [6, 6.07) is 2.24. The molecule has 5 heteroatoms. The van der Waals surface area contributed by atoms with E-state index in [1.165, 1.54) is 32.1 Å². The fourth-order valence-corrected chi connectivity index (χ4v) is 3.90. The van der Waals surface area contributed by atoms with Crippen LogP contribution in [0.2, 0.25) is 0 Å². The van der Waals surface area contributed by atoms with Gasteiger partial charge in [-0.1, -0.05) is 25.7 Å². The Hall–Kier alpha value is -1.36. The lowest BCUT2D eigenvalue weighted by molar-refractivity contribution is -0.120. The van der Waals surface area contributed by atoms with Crippen LogP contribution in [-0.4, -0.2) is 21.7 Å². The van der Waals surface area contributed by atoms with Crippen LogP contribution >= 0.6 is 0 Å². The highest BCUT2D eigenvalue weighted by atomic mass is 16.2. The number of hydrogen-bond donors (Lipinski definition) is 2. The van der Waals surface area contributed by atoms with Crippen molar-refractivity contribution in [2.24, 2.45) is 18.7 Å². The Morgan fingerprint density at radius 3 is 2.73 bits per heavy atom. The third kappa shape index (κ3) is 3.51. The Morgan fingerprint density at radius 1 is 1.23 bits per heavy atom. The van der Waals surface area contributed by atoms with Crippen molar-refractivity contribution in [2.45, 2.75) is 69.7 Å². The highest BCUT2D eigenvalue weighted by Gasteiger charge is 2.26. The van der Waals surface area contributed by atoms with Gasteiger partial charge in [-0.3, -0.25) is 9.48 Å². The van der Waals surface area contributed by atoms with Gasteiger partial charge in [0.1, 0.15) is 5.82 Å². The molecule has 2 aliphatic rings. The minimum atomic E-state index is 0.0526. The van der Waals surface area contributed by atoms with E-state index in [2.05, 4.69) is 16.5 Å². The molecule has 5 nitrogen and oxygen atoms in total. The van der Waals surface area contributed by atoms with Gasteiger partial charge in [0.25, 0.3) is 0 Å². The van der Waals surface area contributed by atoms with Gasteiger partial charge < -0.3 is 11.1 Å². The zero-order valence-electron chi connectivity index (χ0n) is 13.6. The molecule has 0 radical (unpaired) electrons. The third-order valence-corrected chi connectivity index (χ3v) is 5.26. The first kappa shape index (κ1) is 15.5. The SMILES string of the molecule is Cn1nc(C2CCCCC2)cc1NC(=O)C1CCCC(N)C1. The van der Waals surface area contributed by atoms with Gasteiger partial charge in [-0.05, 0) is 32.1 Å². The molecule has 0 aliphatic heterocycles. The number of amides is 1. The van der Waals surface area contributed by atoms with Crippen LogP contribution in [0.3, 0.4) is 0 Å². The second-order valence-corrected chi connectivity index (χ2v) is 7.03. The Balaban J connectivity index is 1.64. The summed E-state index contributed by atoms with van der Waals surface area (Å²) in [5, 5.41) is 7.69. The Kier molecular flexibility index (Phi) is 4.81. The number of nitrogens with zero attached hydrogens (tertiary/aromatic N) is 2. The summed E-state index contributed by atoms with van der Waals surface area (Å²) >= 11 is 0. The Bertz CT molecular complexity index is 519. The summed E-state index contributed by atoms with van der Waals surface area (Å²) in [6.45, 7) is 0. The smallest absolute Gasteiger partial charge is 0.228 e. The highest BCUT2D eigenvalue weighted by molar-refractivity contribution is 5.91. The second-order valence-electron chi connectivity index (χ2n) is 7.03. The van der Waals surface area contributed by atoms with Crippen LogP contribution in [0.5, 0.6) is 0 Å². The molecule has 0 bridgehead atoms. The quantitative estimate of drug-likeness (QED) is 0.901. The molecule has 2 saturated carbocycles. The summed E-state index contributed by atoms with van der Waals surface area (Å²) in [6.07, 6.45) is 10.2. The number of hydrogen-bond acceptors (Lipinski definition) is 3. The Morgan fingerprint density at radius 2 is 2.00 bits per heavy atom. The Labute approximate surface area is 132 Å². The number of nitrogens with two attached hydrogens (primary N) is 1. The number of aromatic nitrogens is 2. The van der Waals surface area contributed by atoms with E-state index in [1.807, 2.05) is 11.7 Å². The molecule has 1 amide bonds. The van der Waals surface area contributed by atoms with E-state index >= 15 is 0 Å². The molecule has 3 N–H and O–H groups in total. The van der Waals surface area contributed by atoms with Crippen LogP contribution in [0.4, 0.5) is 5.82 Å². The van der Waals surface area contributed by atoms with Gasteiger partial charge in [-0.25, -0.2) is 0 Å². The maximum atomic E-state index is 12.4. The third-order valence-electron chi connectivity index (χ3n) is 5.26. The predicted molar refractivity (Wildman–Crippen MR) is 87.6 cm³/mol. The van der Waals surface area contributed by atoms with E-state index < -0.39 is 0 Å². The van der Waals surface area contributed by atoms with Crippen molar-refractivity contribution >= 4 is 11.7 Å². The molecular weight excluding hydrogens is 276 g/mol. The molecular formula is C17H28N4O. The molecule has 2 atom stereocenters. The number of rotatable bonds is 3. The van der Waals surface area contributed by atoms with E-state index in [0.717, 1.165) is 37.2 Å². The van der Waals surface area contributed by atoms with Crippen molar-refractivity contribution in [1.29, 1.82) is 0 Å². The number of aryl methyl sites for hydroxylation is 1. The van der Waals surface area contributed by atoms with E-state index in [4.69, 9.17) is 5.73 Å². The molecule has 1 heterocycles. The van der Waals surface area contributed by atoms with Crippen LogP contribution in [0, 0.1) is 5.92 Å². The van der Waals surface area contributed by atoms with E-state index in [9.17, 15) is 4.79 Å². The lowest BCUT2D eigenvalue weighted by atomic mass is 9.85. The first-order chi connectivity index (χ1) is 10.6. The molecule has 0 saturated heterocycles. The fourth-order valence-electron chi connectivity index (χ4n) is 3.90. The monoisotopic (exact) mass is 304 g/mol. The van der Waals surface area contributed by atoms with Gasteiger partial charge in [0.2, 0.25) is 5.91 Å². The molecule has 3 rings (SSSR count). The predicted octanol–water partition coefficient (Wildman–Crippen LogP) is 2.92. The number of carbonyl (C=O) groups is 1. The average molecular weight is 304 g/mol. The average Bonchev–Trinajstić information content (AvgIpc) is 2.89. The van der Waals surface area contributed by atoms with Crippen molar-refractivity contribution < 1.29 is 4.79 Å². The molecule has 2 unspecified atom stereocenters. The first-order valence-corrected chi connectivity index (χ1v) is 8.74. The molecule has 1 aromatic rings. The van der Waals surface area contributed by atoms with Crippen LogP contribution in [0.25, 0.3) is 0 Å². The molecule has 0 aromatic carbocycles. The van der Waals surface area contributed by atoms with Gasteiger partial charge in [-0.15, -0.1) is 0 Å². The number of carbonyl (C=O) groups excluding carboxylic acids is 1.